The third-order valence-corrected chi connectivity index (χ3v) is 5.85. The monoisotopic (exact) mass is 431 g/mol. The molecule has 0 unspecified atom stereocenters. The van der Waals surface area contributed by atoms with Crippen LogP contribution in [0.4, 0.5) is 4.39 Å². The first-order valence-electron chi connectivity index (χ1n) is 10.4. The molecule has 1 atom stereocenters. The Hall–Kier alpha value is -3.72. The maximum Gasteiger partial charge on any atom is 0.274 e. The lowest BCUT2D eigenvalue weighted by Gasteiger charge is -2.38. The summed E-state index contributed by atoms with van der Waals surface area (Å²) < 4.78 is 15.3. The van der Waals surface area contributed by atoms with E-state index in [1.54, 1.807) is 21.7 Å². The van der Waals surface area contributed by atoms with E-state index in [4.69, 9.17) is 0 Å². The van der Waals surface area contributed by atoms with Gasteiger partial charge in [0.1, 0.15) is 17.2 Å². The minimum atomic E-state index is -0.284. The fraction of sp³-hybridized carbons (Fsp3) is 0.261. The summed E-state index contributed by atoms with van der Waals surface area (Å²) in [6.07, 6.45) is 4.96. The lowest BCUT2D eigenvalue weighted by molar-refractivity contribution is 0.0536. The van der Waals surface area contributed by atoms with E-state index in [-0.39, 0.29) is 17.8 Å². The summed E-state index contributed by atoms with van der Waals surface area (Å²) in [6, 6.07) is 10.2. The van der Waals surface area contributed by atoms with Crippen LogP contribution in [0.5, 0.6) is 0 Å². The van der Waals surface area contributed by atoms with Gasteiger partial charge in [-0.2, -0.15) is 0 Å². The van der Waals surface area contributed by atoms with Gasteiger partial charge in [-0.1, -0.05) is 23.4 Å². The molecule has 5 rings (SSSR count). The number of amides is 1. The molecule has 4 heterocycles. The average Bonchev–Trinajstić information content (AvgIpc) is 3.22. The van der Waals surface area contributed by atoms with Gasteiger partial charge in [0, 0.05) is 37.6 Å². The second-order valence-corrected chi connectivity index (χ2v) is 8.02. The number of likely N-dealkylation sites (N-methyl/N-ethyl adjacent to an activating group) is 1. The minimum Gasteiger partial charge on any atom is -0.334 e. The van der Waals surface area contributed by atoms with Crippen molar-refractivity contribution < 1.29 is 9.18 Å². The van der Waals surface area contributed by atoms with Crippen LogP contribution in [0.3, 0.4) is 0 Å². The summed E-state index contributed by atoms with van der Waals surface area (Å²) in [6.45, 7) is 3.62. The van der Waals surface area contributed by atoms with Gasteiger partial charge in [0.25, 0.3) is 5.91 Å². The molecule has 1 fully saturated rings. The number of aromatic nitrogens is 5. The first-order valence-corrected chi connectivity index (χ1v) is 10.4. The van der Waals surface area contributed by atoms with Crippen molar-refractivity contribution in [1.82, 2.24) is 34.6 Å². The van der Waals surface area contributed by atoms with Crippen LogP contribution in [0.25, 0.3) is 16.6 Å². The highest BCUT2D eigenvalue weighted by Crippen LogP contribution is 2.28. The van der Waals surface area contributed by atoms with E-state index < -0.39 is 0 Å². The number of rotatable bonds is 3. The van der Waals surface area contributed by atoms with Crippen LogP contribution in [0.15, 0.2) is 55.0 Å². The van der Waals surface area contributed by atoms with Gasteiger partial charge >= 0.3 is 0 Å². The van der Waals surface area contributed by atoms with Crippen molar-refractivity contribution in [2.45, 2.75) is 13.0 Å². The molecule has 1 aliphatic heterocycles. The smallest absolute Gasteiger partial charge is 0.274 e. The van der Waals surface area contributed by atoms with E-state index in [0.717, 1.165) is 28.0 Å². The Morgan fingerprint density at radius 1 is 1.09 bits per heavy atom. The van der Waals surface area contributed by atoms with E-state index in [1.807, 2.05) is 38.4 Å². The van der Waals surface area contributed by atoms with Crippen LogP contribution in [0.2, 0.25) is 0 Å². The first-order chi connectivity index (χ1) is 15.5. The molecule has 3 aromatic heterocycles. The lowest BCUT2D eigenvalue weighted by Crippen LogP contribution is -2.49. The normalized spacial score (nSPS) is 17.1. The highest BCUT2D eigenvalue weighted by Gasteiger charge is 2.32. The van der Waals surface area contributed by atoms with Crippen molar-refractivity contribution in [1.29, 1.82) is 0 Å². The molecule has 1 amide bonds. The van der Waals surface area contributed by atoms with Gasteiger partial charge in [0.05, 0.1) is 23.4 Å². The molecule has 32 heavy (non-hydrogen) atoms. The van der Waals surface area contributed by atoms with Crippen molar-refractivity contribution >= 4 is 11.4 Å². The molecular formula is C23H22FN7O. The minimum absolute atomic E-state index is 0.108. The number of hydrogen-bond acceptors (Lipinski definition) is 6. The van der Waals surface area contributed by atoms with Gasteiger partial charge < -0.3 is 4.90 Å². The van der Waals surface area contributed by atoms with Gasteiger partial charge in [0.2, 0.25) is 0 Å². The Labute approximate surface area is 184 Å². The Kier molecular flexibility index (Phi) is 5.10. The lowest BCUT2D eigenvalue weighted by atomic mass is 10.1. The van der Waals surface area contributed by atoms with Crippen LogP contribution < -0.4 is 0 Å². The third kappa shape index (κ3) is 3.71. The molecule has 0 aliphatic carbocycles. The summed E-state index contributed by atoms with van der Waals surface area (Å²) in [5.74, 6) is -0.422. The third-order valence-electron chi connectivity index (χ3n) is 5.85. The predicted molar refractivity (Wildman–Crippen MR) is 116 cm³/mol. The SMILES string of the molecule is Cc1cnc(C(=O)N2CCN(C)[C@@H](c3nnn4cc(-c5cccc(F)c5)ccc34)C2)cn1. The Bertz CT molecular complexity index is 1290. The number of benzene rings is 1. The molecule has 0 radical (unpaired) electrons. The molecule has 0 spiro atoms. The van der Waals surface area contributed by atoms with Gasteiger partial charge in [-0.25, -0.2) is 13.9 Å². The maximum atomic E-state index is 13.6. The summed E-state index contributed by atoms with van der Waals surface area (Å²) in [7, 11) is 2.02. The number of halogens is 1. The van der Waals surface area contributed by atoms with Crippen molar-refractivity contribution in [3.8, 4) is 11.1 Å². The summed E-state index contributed by atoms with van der Waals surface area (Å²) in [5.41, 5.74) is 4.38. The molecule has 1 aromatic carbocycles. The number of carbonyl (C=O) groups excluding carboxylic acids is 1. The molecule has 0 N–H and O–H groups in total. The molecule has 1 aliphatic rings. The van der Waals surface area contributed by atoms with E-state index in [1.165, 1.54) is 18.3 Å². The van der Waals surface area contributed by atoms with E-state index in [9.17, 15) is 9.18 Å². The van der Waals surface area contributed by atoms with Crippen LogP contribution in [-0.4, -0.2) is 67.2 Å². The fourth-order valence-electron chi connectivity index (χ4n) is 4.01. The van der Waals surface area contributed by atoms with Crippen LogP contribution in [0, 0.1) is 12.7 Å². The molecule has 8 nitrogen and oxygen atoms in total. The topological polar surface area (TPSA) is 79.5 Å². The highest BCUT2D eigenvalue weighted by molar-refractivity contribution is 5.92. The summed E-state index contributed by atoms with van der Waals surface area (Å²) in [4.78, 5) is 25.3. The zero-order valence-electron chi connectivity index (χ0n) is 17.8. The molecule has 162 valence electrons. The molecule has 9 heteroatoms. The average molecular weight is 431 g/mol. The molecule has 0 saturated carbocycles. The molecule has 1 saturated heterocycles. The molecule has 0 bridgehead atoms. The van der Waals surface area contributed by atoms with Crippen molar-refractivity contribution in [3.63, 3.8) is 0 Å². The predicted octanol–water partition coefficient (Wildman–Crippen LogP) is 2.76. The molecular weight excluding hydrogens is 409 g/mol. The van der Waals surface area contributed by atoms with Crippen molar-refractivity contribution in [2.24, 2.45) is 0 Å². The number of nitrogens with zero attached hydrogens (tertiary/aromatic N) is 7. The maximum absolute atomic E-state index is 13.6. The molecule has 4 aromatic rings. The summed E-state index contributed by atoms with van der Waals surface area (Å²) in [5, 5.41) is 8.73. The van der Waals surface area contributed by atoms with Crippen LogP contribution in [-0.2, 0) is 0 Å². The number of carbonyl (C=O) groups is 1. The second kappa shape index (κ2) is 8.08. The number of fused-ring (bicyclic) bond motifs is 1. The van der Waals surface area contributed by atoms with E-state index in [0.29, 0.717) is 25.3 Å². The van der Waals surface area contributed by atoms with Crippen LogP contribution in [0.1, 0.15) is 27.9 Å². The number of piperazine rings is 1. The highest BCUT2D eigenvalue weighted by atomic mass is 19.1. The number of hydrogen-bond donors (Lipinski definition) is 0. The zero-order valence-corrected chi connectivity index (χ0v) is 17.8. The largest absolute Gasteiger partial charge is 0.334 e. The first kappa shape index (κ1) is 20.2. The Balaban J connectivity index is 1.43. The Morgan fingerprint density at radius 3 is 2.75 bits per heavy atom. The number of pyridine rings is 1. The van der Waals surface area contributed by atoms with Gasteiger partial charge in [-0.15, -0.1) is 5.10 Å². The van der Waals surface area contributed by atoms with E-state index >= 15 is 0 Å². The van der Waals surface area contributed by atoms with E-state index in [2.05, 4.69) is 25.2 Å². The van der Waals surface area contributed by atoms with Crippen LogP contribution >= 0.6 is 0 Å². The van der Waals surface area contributed by atoms with Crippen molar-refractivity contribution in [2.75, 3.05) is 26.7 Å². The zero-order chi connectivity index (χ0) is 22.2. The number of aryl methyl sites for hydroxylation is 1. The van der Waals surface area contributed by atoms with Gasteiger partial charge in [-0.05, 0) is 37.7 Å². The fourth-order valence-corrected chi connectivity index (χ4v) is 4.01. The van der Waals surface area contributed by atoms with Gasteiger partial charge in [-0.3, -0.25) is 14.7 Å². The Morgan fingerprint density at radius 2 is 1.97 bits per heavy atom. The van der Waals surface area contributed by atoms with Crippen molar-refractivity contribution in [3.05, 3.63) is 77.9 Å². The standard InChI is InChI=1S/C23H22FN7O/c1-15-11-26-19(12-25-15)23(32)30-9-8-29(2)21(14-30)22-20-7-6-17(13-31(20)28-27-22)16-4-3-5-18(24)10-16/h3-7,10-13,21H,8-9,14H2,1-2H3/t21-/m1/s1. The summed E-state index contributed by atoms with van der Waals surface area (Å²) >= 11 is 0. The van der Waals surface area contributed by atoms with Gasteiger partial charge in [0.15, 0.2) is 0 Å². The second-order valence-electron chi connectivity index (χ2n) is 8.02. The quantitative estimate of drug-likeness (QED) is 0.496.